The minimum absolute atomic E-state index is 0.0862. The van der Waals surface area contributed by atoms with Gasteiger partial charge in [0.2, 0.25) is 5.91 Å². The first kappa shape index (κ1) is 19.8. The fourth-order valence-corrected chi connectivity index (χ4v) is 3.85. The standard InChI is InChI=1S/C21H22FN3O2S/c1-4-19(20(26)23-2)25(16-9-11-17(27-3)12-10-16)21-24-18(13-28-21)14-5-7-15(22)8-6-14/h5-13,19H,4H2,1-3H3,(H,23,26). The number of hydrogen-bond acceptors (Lipinski definition) is 5. The van der Waals surface area contributed by atoms with Crippen LogP contribution in [0.25, 0.3) is 11.3 Å². The van der Waals surface area contributed by atoms with Crippen LogP contribution in [0, 0.1) is 5.82 Å². The van der Waals surface area contributed by atoms with Gasteiger partial charge in [-0.1, -0.05) is 6.92 Å². The molecule has 3 rings (SSSR count). The number of anilines is 2. The Hall–Kier alpha value is -2.93. The number of benzene rings is 2. The maximum atomic E-state index is 13.2. The molecule has 0 spiro atoms. The van der Waals surface area contributed by atoms with Crippen molar-refractivity contribution in [1.29, 1.82) is 0 Å². The number of likely N-dealkylation sites (N-methyl/N-ethyl adjacent to an activating group) is 1. The van der Waals surface area contributed by atoms with Gasteiger partial charge in [-0.05, 0) is 55.0 Å². The molecule has 1 heterocycles. The highest BCUT2D eigenvalue weighted by Crippen LogP contribution is 2.35. The van der Waals surface area contributed by atoms with Crippen molar-refractivity contribution in [2.75, 3.05) is 19.1 Å². The molecule has 0 aliphatic rings. The second kappa shape index (κ2) is 8.84. The van der Waals surface area contributed by atoms with Gasteiger partial charge in [0.05, 0.1) is 12.8 Å². The zero-order valence-corrected chi connectivity index (χ0v) is 16.8. The summed E-state index contributed by atoms with van der Waals surface area (Å²) in [5.41, 5.74) is 2.41. The Kier molecular flexibility index (Phi) is 6.26. The zero-order valence-electron chi connectivity index (χ0n) is 16.0. The summed E-state index contributed by atoms with van der Waals surface area (Å²) >= 11 is 1.44. The van der Waals surface area contributed by atoms with Crippen LogP contribution >= 0.6 is 11.3 Å². The number of ether oxygens (including phenoxy) is 1. The predicted octanol–water partition coefficient (Wildman–Crippen LogP) is 4.62. The summed E-state index contributed by atoms with van der Waals surface area (Å²) < 4.78 is 18.5. The first-order valence-electron chi connectivity index (χ1n) is 8.93. The van der Waals surface area contributed by atoms with Crippen molar-refractivity contribution in [3.05, 3.63) is 59.7 Å². The highest BCUT2D eigenvalue weighted by atomic mass is 32.1. The van der Waals surface area contributed by atoms with E-state index >= 15 is 0 Å². The van der Waals surface area contributed by atoms with E-state index in [-0.39, 0.29) is 11.7 Å². The molecule has 1 aromatic heterocycles. The average molecular weight is 399 g/mol. The number of carbonyl (C=O) groups excluding carboxylic acids is 1. The summed E-state index contributed by atoms with van der Waals surface area (Å²) in [6.07, 6.45) is 0.608. The van der Waals surface area contributed by atoms with Crippen molar-refractivity contribution in [2.24, 2.45) is 0 Å². The summed E-state index contributed by atoms with van der Waals surface area (Å²) in [6.45, 7) is 1.96. The number of hydrogen-bond donors (Lipinski definition) is 1. The number of rotatable bonds is 7. The van der Waals surface area contributed by atoms with Crippen molar-refractivity contribution in [3.63, 3.8) is 0 Å². The molecule has 1 unspecified atom stereocenters. The van der Waals surface area contributed by atoms with E-state index in [1.54, 1.807) is 26.3 Å². The molecule has 3 aromatic rings. The van der Waals surface area contributed by atoms with Gasteiger partial charge < -0.3 is 15.0 Å². The molecule has 0 radical (unpaired) electrons. The molecule has 1 atom stereocenters. The van der Waals surface area contributed by atoms with E-state index in [4.69, 9.17) is 9.72 Å². The number of aromatic nitrogens is 1. The van der Waals surface area contributed by atoms with Crippen LogP contribution in [0.15, 0.2) is 53.9 Å². The van der Waals surface area contributed by atoms with Crippen LogP contribution in [-0.4, -0.2) is 31.1 Å². The number of carbonyl (C=O) groups is 1. The Morgan fingerprint density at radius 2 is 1.89 bits per heavy atom. The van der Waals surface area contributed by atoms with Crippen molar-refractivity contribution < 1.29 is 13.9 Å². The molecule has 7 heteroatoms. The Morgan fingerprint density at radius 1 is 1.21 bits per heavy atom. The summed E-state index contributed by atoms with van der Waals surface area (Å²) in [7, 11) is 3.24. The fraction of sp³-hybridized carbons (Fsp3) is 0.238. The lowest BCUT2D eigenvalue weighted by atomic mass is 10.1. The molecule has 1 amide bonds. The molecular weight excluding hydrogens is 377 g/mol. The first-order valence-corrected chi connectivity index (χ1v) is 9.81. The molecule has 0 aliphatic carbocycles. The third kappa shape index (κ3) is 4.14. The number of nitrogens with one attached hydrogen (secondary N) is 1. The van der Waals surface area contributed by atoms with E-state index < -0.39 is 6.04 Å². The Balaban J connectivity index is 2.03. The SMILES string of the molecule is CCC(C(=O)NC)N(c1ccc(OC)cc1)c1nc(-c2ccc(F)cc2)cs1. The lowest BCUT2D eigenvalue weighted by Crippen LogP contribution is -2.43. The molecule has 5 nitrogen and oxygen atoms in total. The summed E-state index contributed by atoms with van der Waals surface area (Å²) in [5.74, 6) is 0.365. The van der Waals surface area contributed by atoms with Gasteiger partial charge >= 0.3 is 0 Å². The van der Waals surface area contributed by atoms with Gasteiger partial charge in [0.25, 0.3) is 0 Å². The predicted molar refractivity (Wildman–Crippen MR) is 111 cm³/mol. The summed E-state index contributed by atoms with van der Waals surface area (Å²) in [4.78, 5) is 19.2. The van der Waals surface area contributed by atoms with Gasteiger partial charge in [0, 0.05) is 23.7 Å². The first-order chi connectivity index (χ1) is 13.6. The molecule has 0 saturated carbocycles. The Morgan fingerprint density at radius 3 is 2.46 bits per heavy atom. The lowest BCUT2D eigenvalue weighted by Gasteiger charge is -2.29. The monoisotopic (exact) mass is 399 g/mol. The number of halogens is 1. The quantitative estimate of drug-likeness (QED) is 0.630. The lowest BCUT2D eigenvalue weighted by molar-refractivity contribution is -0.121. The van der Waals surface area contributed by atoms with E-state index in [0.29, 0.717) is 11.6 Å². The second-order valence-electron chi connectivity index (χ2n) is 6.13. The van der Waals surface area contributed by atoms with Crippen LogP contribution in [0.2, 0.25) is 0 Å². The van der Waals surface area contributed by atoms with Crippen LogP contribution in [0.3, 0.4) is 0 Å². The van der Waals surface area contributed by atoms with Crippen LogP contribution in [0.1, 0.15) is 13.3 Å². The van der Waals surface area contributed by atoms with Gasteiger partial charge in [-0.2, -0.15) is 0 Å². The second-order valence-corrected chi connectivity index (χ2v) is 6.97. The third-order valence-electron chi connectivity index (χ3n) is 4.44. The molecular formula is C21H22FN3O2S. The fourth-order valence-electron chi connectivity index (χ4n) is 2.95. The highest BCUT2D eigenvalue weighted by Gasteiger charge is 2.27. The number of thiazole rings is 1. The summed E-state index contributed by atoms with van der Waals surface area (Å²) in [5, 5.41) is 5.34. The molecule has 2 aromatic carbocycles. The van der Waals surface area contributed by atoms with Crippen molar-refractivity contribution in [2.45, 2.75) is 19.4 Å². The van der Waals surface area contributed by atoms with Crippen molar-refractivity contribution in [1.82, 2.24) is 10.3 Å². The minimum Gasteiger partial charge on any atom is -0.497 e. The van der Waals surface area contributed by atoms with Crippen LogP contribution in [-0.2, 0) is 4.79 Å². The molecule has 0 bridgehead atoms. The normalized spacial score (nSPS) is 11.7. The number of amides is 1. The Labute approximate surface area is 167 Å². The maximum absolute atomic E-state index is 13.2. The van der Waals surface area contributed by atoms with E-state index in [1.165, 1.54) is 23.5 Å². The van der Waals surface area contributed by atoms with E-state index in [1.807, 2.05) is 41.5 Å². The molecule has 0 aliphatic heterocycles. The van der Waals surface area contributed by atoms with Gasteiger partial charge in [-0.25, -0.2) is 9.37 Å². The maximum Gasteiger partial charge on any atom is 0.242 e. The largest absolute Gasteiger partial charge is 0.497 e. The van der Waals surface area contributed by atoms with Gasteiger partial charge in [-0.3, -0.25) is 4.79 Å². The summed E-state index contributed by atoms with van der Waals surface area (Å²) in [6, 6.07) is 13.3. The average Bonchev–Trinajstić information content (AvgIpc) is 3.21. The molecule has 146 valence electrons. The van der Waals surface area contributed by atoms with Crippen molar-refractivity contribution in [3.8, 4) is 17.0 Å². The van der Waals surface area contributed by atoms with Gasteiger partial charge in [0.15, 0.2) is 5.13 Å². The highest BCUT2D eigenvalue weighted by molar-refractivity contribution is 7.14. The topological polar surface area (TPSA) is 54.5 Å². The van der Waals surface area contributed by atoms with Crippen molar-refractivity contribution >= 4 is 28.1 Å². The van der Waals surface area contributed by atoms with Gasteiger partial charge in [0.1, 0.15) is 17.6 Å². The smallest absolute Gasteiger partial charge is 0.242 e. The van der Waals surface area contributed by atoms with Crippen LogP contribution in [0.5, 0.6) is 5.75 Å². The molecule has 0 saturated heterocycles. The van der Waals surface area contributed by atoms with Crippen LogP contribution in [0.4, 0.5) is 15.2 Å². The number of methoxy groups -OCH3 is 1. The Bertz CT molecular complexity index is 926. The zero-order chi connectivity index (χ0) is 20.1. The van der Waals surface area contributed by atoms with Crippen LogP contribution < -0.4 is 15.0 Å². The van der Waals surface area contributed by atoms with Gasteiger partial charge in [-0.15, -0.1) is 11.3 Å². The molecule has 28 heavy (non-hydrogen) atoms. The minimum atomic E-state index is -0.411. The van der Waals surface area contributed by atoms with E-state index in [2.05, 4.69) is 5.32 Å². The van der Waals surface area contributed by atoms with E-state index in [9.17, 15) is 9.18 Å². The van der Waals surface area contributed by atoms with E-state index in [0.717, 1.165) is 22.7 Å². The molecule has 0 fully saturated rings. The number of nitrogens with zero attached hydrogens (tertiary/aromatic N) is 2. The molecule has 1 N–H and O–H groups in total. The third-order valence-corrected chi connectivity index (χ3v) is 5.28.